The number of fused-ring (bicyclic) bond motifs is 1. The number of anilines is 1. The molecule has 1 heterocycles. The summed E-state index contributed by atoms with van der Waals surface area (Å²) in [6.07, 6.45) is 6.67. The number of rotatable bonds is 13. The van der Waals surface area contributed by atoms with Crippen molar-refractivity contribution in [1.82, 2.24) is 20.2 Å². The van der Waals surface area contributed by atoms with E-state index in [1.54, 1.807) is 12.5 Å². The molecule has 0 spiro atoms. The second-order valence-electron chi connectivity index (χ2n) is 9.63. The van der Waals surface area contributed by atoms with E-state index in [2.05, 4.69) is 27.0 Å². The first kappa shape index (κ1) is 27.9. The fourth-order valence-electron chi connectivity index (χ4n) is 4.95. The summed E-state index contributed by atoms with van der Waals surface area (Å²) in [5, 5.41) is 9.75. The Morgan fingerprint density at radius 3 is 2.89 bits per heavy atom. The van der Waals surface area contributed by atoms with Crippen molar-refractivity contribution < 1.29 is 18.3 Å². The first-order valence-electron chi connectivity index (χ1n) is 13.4. The number of aryl methyl sites for hydroxylation is 1. The van der Waals surface area contributed by atoms with Gasteiger partial charge in [0.15, 0.2) is 5.82 Å². The highest BCUT2D eigenvalue weighted by atomic mass is 19.1. The van der Waals surface area contributed by atoms with Crippen LogP contribution in [-0.2, 0) is 28.9 Å². The zero-order valence-corrected chi connectivity index (χ0v) is 22.1. The first-order chi connectivity index (χ1) is 18.5. The minimum atomic E-state index is -0.546. The summed E-state index contributed by atoms with van der Waals surface area (Å²) in [7, 11) is 0. The molecule has 1 aromatic heterocycles. The van der Waals surface area contributed by atoms with Crippen LogP contribution in [0.4, 0.5) is 14.6 Å². The fraction of sp³-hybridized carbons (Fsp3) is 0.448. The van der Waals surface area contributed by atoms with Gasteiger partial charge in [0.2, 0.25) is 5.91 Å². The lowest BCUT2D eigenvalue weighted by atomic mass is 9.87. The highest BCUT2D eigenvalue weighted by Gasteiger charge is 2.27. The number of carbonyl (C=O) groups excluding carboxylic acids is 1. The second kappa shape index (κ2) is 13.6. The van der Waals surface area contributed by atoms with Crippen LogP contribution in [0.15, 0.2) is 48.9 Å². The summed E-state index contributed by atoms with van der Waals surface area (Å²) in [5.74, 6) is -0.769. The molecule has 204 valence electrons. The zero-order chi connectivity index (χ0) is 26.9. The number of nitrogens with zero attached hydrogens (tertiary/aromatic N) is 2. The first-order valence-corrected chi connectivity index (χ1v) is 13.4. The molecule has 0 saturated heterocycles. The molecule has 0 radical (unpaired) electrons. The van der Waals surface area contributed by atoms with Crippen LogP contribution >= 0.6 is 0 Å². The summed E-state index contributed by atoms with van der Waals surface area (Å²) in [6.45, 7) is 6.80. The van der Waals surface area contributed by atoms with Crippen molar-refractivity contribution in [3.05, 3.63) is 77.2 Å². The van der Waals surface area contributed by atoms with Gasteiger partial charge in [-0.1, -0.05) is 31.5 Å². The minimum absolute atomic E-state index is 0.0654. The number of imidazole rings is 1. The van der Waals surface area contributed by atoms with Gasteiger partial charge in [-0.25, -0.2) is 13.8 Å². The van der Waals surface area contributed by atoms with Crippen molar-refractivity contribution in [1.29, 1.82) is 0 Å². The number of carbonyl (C=O) groups is 1. The summed E-state index contributed by atoms with van der Waals surface area (Å²) < 4.78 is 35.2. The molecular weight excluding hydrogens is 488 g/mol. The monoisotopic (exact) mass is 525 g/mol. The van der Waals surface area contributed by atoms with Gasteiger partial charge in [0.05, 0.1) is 24.5 Å². The highest BCUT2D eigenvalue weighted by molar-refractivity contribution is 5.94. The smallest absolute Gasteiger partial charge is 0.242 e. The summed E-state index contributed by atoms with van der Waals surface area (Å²) in [4.78, 5) is 17.6. The Morgan fingerprint density at radius 2 is 2.08 bits per heavy atom. The third kappa shape index (κ3) is 7.24. The van der Waals surface area contributed by atoms with E-state index >= 15 is 0 Å². The Labute approximate surface area is 223 Å². The Bertz CT molecular complexity index is 1220. The van der Waals surface area contributed by atoms with Gasteiger partial charge < -0.3 is 25.3 Å². The van der Waals surface area contributed by atoms with Crippen LogP contribution in [-0.4, -0.2) is 47.3 Å². The quantitative estimate of drug-likeness (QED) is 0.286. The molecular formula is C29H37F2N5O2. The predicted octanol–water partition coefficient (Wildman–Crippen LogP) is 4.53. The number of para-hydroxylation sites is 1. The molecule has 0 aliphatic heterocycles. The van der Waals surface area contributed by atoms with Crippen LogP contribution in [0.2, 0.25) is 0 Å². The van der Waals surface area contributed by atoms with Crippen LogP contribution in [0, 0.1) is 11.6 Å². The van der Waals surface area contributed by atoms with E-state index in [1.807, 2.05) is 36.6 Å². The second-order valence-corrected chi connectivity index (χ2v) is 9.63. The molecule has 1 aliphatic rings. The Kier molecular flexibility index (Phi) is 9.98. The number of hydrogen-bond acceptors (Lipinski definition) is 5. The number of amides is 1. The van der Waals surface area contributed by atoms with Gasteiger partial charge >= 0.3 is 0 Å². The lowest BCUT2D eigenvalue weighted by Crippen LogP contribution is -2.48. The van der Waals surface area contributed by atoms with Crippen molar-refractivity contribution in [3.8, 4) is 5.69 Å². The molecule has 1 aliphatic carbocycles. The molecule has 3 N–H and O–H groups in total. The number of nitrogens with one attached hydrogen (secondary N) is 3. The molecule has 1 unspecified atom stereocenters. The molecule has 38 heavy (non-hydrogen) atoms. The Morgan fingerprint density at radius 1 is 1.24 bits per heavy atom. The maximum Gasteiger partial charge on any atom is 0.242 e. The lowest BCUT2D eigenvalue weighted by molar-refractivity contribution is -0.118. The van der Waals surface area contributed by atoms with Crippen molar-refractivity contribution >= 4 is 11.7 Å². The van der Waals surface area contributed by atoms with Crippen LogP contribution in [0.5, 0.6) is 0 Å². The molecule has 2 atom stereocenters. The third-order valence-corrected chi connectivity index (χ3v) is 6.84. The number of halogens is 2. The van der Waals surface area contributed by atoms with Gasteiger partial charge in [-0.15, -0.1) is 0 Å². The number of ether oxygens (including phenoxy) is 1. The predicted molar refractivity (Wildman–Crippen MR) is 144 cm³/mol. The van der Waals surface area contributed by atoms with Crippen LogP contribution in [0.3, 0.4) is 0 Å². The number of aromatic nitrogens is 2. The van der Waals surface area contributed by atoms with Crippen LogP contribution in [0.25, 0.3) is 5.69 Å². The van der Waals surface area contributed by atoms with Crippen LogP contribution < -0.4 is 16.0 Å². The normalized spacial score (nSPS) is 15.7. The van der Waals surface area contributed by atoms with Crippen molar-refractivity contribution in [2.45, 2.75) is 64.6 Å². The Hall–Kier alpha value is -3.14. The summed E-state index contributed by atoms with van der Waals surface area (Å²) >= 11 is 0. The molecule has 2 aromatic carbocycles. The van der Waals surface area contributed by atoms with E-state index in [-0.39, 0.29) is 11.9 Å². The van der Waals surface area contributed by atoms with Gasteiger partial charge in [-0.3, -0.25) is 4.79 Å². The van der Waals surface area contributed by atoms with Crippen molar-refractivity contribution in [3.63, 3.8) is 0 Å². The van der Waals surface area contributed by atoms with E-state index in [4.69, 9.17) is 4.74 Å². The molecule has 0 bridgehead atoms. The number of benzene rings is 2. The van der Waals surface area contributed by atoms with E-state index in [1.165, 1.54) is 6.07 Å². The van der Waals surface area contributed by atoms with Crippen molar-refractivity contribution in [2.75, 3.05) is 25.1 Å². The van der Waals surface area contributed by atoms with Gasteiger partial charge in [-0.2, -0.15) is 0 Å². The Balaban J connectivity index is 1.38. The minimum Gasteiger partial charge on any atom is -0.380 e. The standard InChI is InChI=1S/C29H37F2N5O2/c1-3-7-26(34-23-11-10-20-14-22(30)15-25(31)24(20)16-23)29(37)35-28-18-36(19-33-28)27-9-6-5-8-21(27)17-32-12-13-38-4-2/h5-6,8-9,14-15,18-19,23,26,32,34H,3-4,7,10-13,16-17H2,1-2H3,(H,35,37)/t23-,26?/m0/s1. The highest BCUT2D eigenvalue weighted by Crippen LogP contribution is 2.26. The SMILES string of the molecule is CCCC(N[C@H]1CCc2cc(F)cc(F)c2C1)C(=O)Nc1cn(-c2ccccc2CNCCOCC)cn1. The molecule has 3 aromatic rings. The van der Waals surface area contributed by atoms with Crippen LogP contribution in [0.1, 0.15) is 49.8 Å². The molecule has 0 fully saturated rings. The molecule has 9 heteroatoms. The lowest BCUT2D eigenvalue weighted by Gasteiger charge is -2.29. The van der Waals surface area contributed by atoms with E-state index < -0.39 is 17.7 Å². The van der Waals surface area contributed by atoms with Crippen molar-refractivity contribution in [2.24, 2.45) is 0 Å². The third-order valence-electron chi connectivity index (χ3n) is 6.84. The summed E-state index contributed by atoms with van der Waals surface area (Å²) in [5.41, 5.74) is 3.34. The zero-order valence-electron chi connectivity index (χ0n) is 22.1. The van der Waals surface area contributed by atoms with E-state index in [0.29, 0.717) is 62.4 Å². The average Bonchev–Trinajstić information content (AvgIpc) is 3.37. The maximum atomic E-state index is 14.4. The number of hydrogen-bond donors (Lipinski definition) is 3. The molecule has 1 amide bonds. The van der Waals surface area contributed by atoms with E-state index in [9.17, 15) is 13.6 Å². The van der Waals surface area contributed by atoms with Gasteiger partial charge in [-0.05, 0) is 61.4 Å². The largest absolute Gasteiger partial charge is 0.380 e. The summed E-state index contributed by atoms with van der Waals surface area (Å²) in [6, 6.07) is 9.88. The van der Waals surface area contributed by atoms with E-state index in [0.717, 1.165) is 30.3 Å². The molecule has 4 rings (SSSR count). The van der Waals surface area contributed by atoms with Gasteiger partial charge in [0.1, 0.15) is 18.0 Å². The fourth-order valence-corrected chi connectivity index (χ4v) is 4.95. The topological polar surface area (TPSA) is 80.2 Å². The van der Waals surface area contributed by atoms with Gasteiger partial charge in [0, 0.05) is 31.8 Å². The van der Waals surface area contributed by atoms with Gasteiger partial charge in [0.25, 0.3) is 0 Å². The molecule has 0 saturated carbocycles. The molecule has 7 nitrogen and oxygen atoms in total. The maximum absolute atomic E-state index is 14.4. The average molecular weight is 526 g/mol.